The van der Waals surface area contributed by atoms with Gasteiger partial charge in [0.25, 0.3) is 0 Å². The Kier molecular flexibility index (Phi) is 3.81. The first kappa shape index (κ1) is 10.9. The van der Waals surface area contributed by atoms with E-state index in [-0.39, 0.29) is 6.10 Å². The van der Waals surface area contributed by atoms with Gasteiger partial charge in [0.2, 0.25) is 0 Å². The number of hydrogen-bond acceptors (Lipinski definition) is 3. The molecule has 1 aromatic heterocycles. The van der Waals surface area contributed by atoms with E-state index in [0.717, 1.165) is 30.9 Å². The Labute approximate surface area is 101 Å². The van der Waals surface area contributed by atoms with E-state index in [1.54, 1.807) is 11.3 Å². The molecule has 2 rings (SSSR count). The maximum absolute atomic E-state index is 10.2. The molecule has 1 fully saturated rings. The second kappa shape index (κ2) is 4.92. The SMILES string of the molecule is OC(c1sccc1I)C1CCOCC1. The van der Waals surface area contributed by atoms with Gasteiger partial charge in [0.05, 0.1) is 6.10 Å². The standard InChI is InChI=1S/C10H13IO2S/c11-8-3-6-14-10(8)9(12)7-1-4-13-5-2-7/h3,6-7,9,12H,1-2,4-5H2. The van der Waals surface area contributed by atoms with Crippen molar-refractivity contribution < 1.29 is 9.84 Å². The Hall–Kier alpha value is 0.350. The zero-order valence-electron chi connectivity index (χ0n) is 7.78. The highest BCUT2D eigenvalue weighted by molar-refractivity contribution is 14.1. The quantitative estimate of drug-likeness (QED) is 0.848. The predicted octanol–water partition coefficient (Wildman–Crippen LogP) is 2.81. The molecule has 1 N–H and O–H groups in total. The van der Waals surface area contributed by atoms with E-state index in [1.807, 2.05) is 5.38 Å². The van der Waals surface area contributed by atoms with Crippen LogP contribution >= 0.6 is 33.9 Å². The van der Waals surface area contributed by atoms with Crippen LogP contribution in [-0.2, 0) is 4.74 Å². The summed E-state index contributed by atoms with van der Waals surface area (Å²) in [6.07, 6.45) is 1.68. The van der Waals surface area contributed by atoms with Crippen molar-refractivity contribution in [1.29, 1.82) is 0 Å². The van der Waals surface area contributed by atoms with Crippen molar-refractivity contribution in [3.63, 3.8) is 0 Å². The van der Waals surface area contributed by atoms with Crippen LogP contribution in [0.1, 0.15) is 23.8 Å². The second-order valence-corrected chi connectivity index (χ2v) is 5.64. The Morgan fingerprint density at radius 3 is 2.79 bits per heavy atom. The van der Waals surface area contributed by atoms with E-state index in [9.17, 15) is 5.11 Å². The van der Waals surface area contributed by atoms with E-state index in [1.165, 1.54) is 3.57 Å². The van der Waals surface area contributed by atoms with Gasteiger partial charge in [0.1, 0.15) is 0 Å². The molecule has 1 aromatic rings. The van der Waals surface area contributed by atoms with Crippen LogP contribution in [0, 0.1) is 9.49 Å². The van der Waals surface area contributed by atoms with Crippen LogP contribution in [-0.4, -0.2) is 18.3 Å². The van der Waals surface area contributed by atoms with Crippen molar-refractivity contribution in [2.45, 2.75) is 18.9 Å². The minimum Gasteiger partial charge on any atom is -0.387 e. The highest BCUT2D eigenvalue weighted by atomic mass is 127. The van der Waals surface area contributed by atoms with Crippen molar-refractivity contribution in [3.8, 4) is 0 Å². The third-order valence-corrected chi connectivity index (χ3v) is 4.92. The third kappa shape index (κ3) is 2.29. The lowest BCUT2D eigenvalue weighted by Crippen LogP contribution is -2.21. The van der Waals surface area contributed by atoms with Gasteiger partial charge in [0.15, 0.2) is 0 Å². The Morgan fingerprint density at radius 1 is 1.50 bits per heavy atom. The average molecular weight is 324 g/mol. The van der Waals surface area contributed by atoms with Gasteiger partial charge in [-0.05, 0) is 52.8 Å². The van der Waals surface area contributed by atoms with Crippen LogP contribution in [0.15, 0.2) is 11.4 Å². The fourth-order valence-electron chi connectivity index (χ4n) is 1.76. The van der Waals surface area contributed by atoms with Crippen LogP contribution < -0.4 is 0 Å². The summed E-state index contributed by atoms with van der Waals surface area (Å²) < 4.78 is 6.47. The van der Waals surface area contributed by atoms with Crippen LogP contribution in [0.2, 0.25) is 0 Å². The molecule has 1 saturated heterocycles. The summed E-state index contributed by atoms with van der Waals surface area (Å²) in [6, 6.07) is 2.06. The van der Waals surface area contributed by atoms with Gasteiger partial charge >= 0.3 is 0 Å². The molecule has 0 aromatic carbocycles. The molecule has 0 saturated carbocycles. The van der Waals surface area contributed by atoms with E-state index in [0.29, 0.717) is 5.92 Å². The maximum atomic E-state index is 10.2. The molecule has 0 bridgehead atoms. The molecule has 0 amide bonds. The molecule has 2 nitrogen and oxygen atoms in total. The number of aliphatic hydroxyl groups excluding tert-OH is 1. The fourth-order valence-corrected chi connectivity index (χ4v) is 3.75. The third-order valence-electron chi connectivity index (χ3n) is 2.63. The van der Waals surface area contributed by atoms with Crippen LogP contribution in [0.3, 0.4) is 0 Å². The Morgan fingerprint density at radius 2 is 2.21 bits per heavy atom. The molecule has 2 heterocycles. The minimum atomic E-state index is -0.286. The highest BCUT2D eigenvalue weighted by Gasteiger charge is 2.25. The van der Waals surface area contributed by atoms with E-state index >= 15 is 0 Å². The highest BCUT2D eigenvalue weighted by Crippen LogP contribution is 2.35. The number of aliphatic hydroxyl groups is 1. The normalized spacial score (nSPS) is 21.0. The van der Waals surface area contributed by atoms with Crippen molar-refractivity contribution in [3.05, 3.63) is 19.9 Å². The van der Waals surface area contributed by atoms with Crippen LogP contribution in [0.5, 0.6) is 0 Å². The number of rotatable bonds is 2. The second-order valence-electron chi connectivity index (χ2n) is 3.53. The number of hydrogen-bond donors (Lipinski definition) is 1. The lowest BCUT2D eigenvalue weighted by atomic mass is 9.93. The number of halogens is 1. The lowest BCUT2D eigenvalue weighted by molar-refractivity contribution is 0.00827. The van der Waals surface area contributed by atoms with Gasteiger partial charge in [-0.1, -0.05) is 0 Å². The van der Waals surface area contributed by atoms with Gasteiger partial charge < -0.3 is 9.84 Å². The first-order chi connectivity index (χ1) is 6.79. The van der Waals surface area contributed by atoms with E-state index in [4.69, 9.17) is 4.74 Å². The Balaban J connectivity index is 2.07. The smallest absolute Gasteiger partial charge is 0.0922 e. The summed E-state index contributed by atoms with van der Waals surface area (Å²) in [7, 11) is 0. The predicted molar refractivity (Wildman–Crippen MR) is 65.5 cm³/mol. The minimum absolute atomic E-state index is 0.286. The Bertz CT molecular complexity index is 294. The number of thiophene rings is 1. The zero-order chi connectivity index (χ0) is 9.97. The first-order valence-electron chi connectivity index (χ1n) is 4.77. The van der Waals surface area contributed by atoms with E-state index in [2.05, 4.69) is 28.7 Å². The molecular formula is C10H13IO2S. The molecule has 1 atom stereocenters. The molecule has 0 aliphatic carbocycles. The molecule has 1 aliphatic heterocycles. The summed E-state index contributed by atoms with van der Waals surface area (Å²) in [5.74, 6) is 0.385. The first-order valence-corrected chi connectivity index (χ1v) is 6.73. The van der Waals surface area contributed by atoms with Gasteiger partial charge in [-0.25, -0.2) is 0 Å². The fraction of sp³-hybridized carbons (Fsp3) is 0.600. The van der Waals surface area contributed by atoms with Gasteiger partial charge in [-0.15, -0.1) is 11.3 Å². The van der Waals surface area contributed by atoms with E-state index < -0.39 is 0 Å². The summed E-state index contributed by atoms with van der Waals surface area (Å²) in [4.78, 5) is 1.12. The molecule has 0 spiro atoms. The van der Waals surface area contributed by atoms with Crippen molar-refractivity contribution >= 4 is 33.9 Å². The summed E-state index contributed by atoms with van der Waals surface area (Å²) in [5.41, 5.74) is 0. The zero-order valence-corrected chi connectivity index (χ0v) is 10.8. The molecule has 4 heteroatoms. The van der Waals surface area contributed by atoms with Crippen LogP contribution in [0.4, 0.5) is 0 Å². The molecule has 78 valence electrons. The molecular weight excluding hydrogens is 311 g/mol. The molecule has 14 heavy (non-hydrogen) atoms. The topological polar surface area (TPSA) is 29.5 Å². The van der Waals surface area contributed by atoms with Crippen LogP contribution in [0.25, 0.3) is 0 Å². The van der Waals surface area contributed by atoms with Crippen molar-refractivity contribution in [2.75, 3.05) is 13.2 Å². The lowest BCUT2D eigenvalue weighted by Gasteiger charge is -2.26. The largest absolute Gasteiger partial charge is 0.387 e. The monoisotopic (exact) mass is 324 g/mol. The summed E-state index contributed by atoms with van der Waals surface area (Å²) in [6.45, 7) is 1.59. The van der Waals surface area contributed by atoms with Crippen molar-refractivity contribution in [1.82, 2.24) is 0 Å². The molecule has 1 unspecified atom stereocenters. The number of ether oxygens (including phenoxy) is 1. The molecule has 0 radical (unpaired) electrons. The summed E-state index contributed by atoms with van der Waals surface area (Å²) in [5, 5.41) is 12.2. The molecule has 1 aliphatic rings. The summed E-state index contributed by atoms with van der Waals surface area (Å²) >= 11 is 3.94. The average Bonchev–Trinajstić information content (AvgIpc) is 2.65. The van der Waals surface area contributed by atoms with Gasteiger partial charge in [-0.3, -0.25) is 0 Å². The van der Waals surface area contributed by atoms with Crippen molar-refractivity contribution in [2.24, 2.45) is 5.92 Å². The van der Waals surface area contributed by atoms with Gasteiger partial charge in [0, 0.05) is 21.7 Å². The van der Waals surface area contributed by atoms with Gasteiger partial charge in [-0.2, -0.15) is 0 Å². The maximum Gasteiger partial charge on any atom is 0.0922 e.